The molecular formula is C12H16N2O2. The van der Waals surface area contributed by atoms with Crippen LogP contribution in [0.1, 0.15) is 24.3 Å². The van der Waals surface area contributed by atoms with Crippen molar-refractivity contribution in [3.8, 4) is 0 Å². The van der Waals surface area contributed by atoms with Gasteiger partial charge in [-0.05, 0) is 42.7 Å². The highest BCUT2D eigenvalue weighted by atomic mass is 16.5. The maximum atomic E-state index is 10.3. The Kier molecular flexibility index (Phi) is 2.87. The van der Waals surface area contributed by atoms with Gasteiger partial charge in [-0.3, -0.25) is 5.21 Å². The minimum Gasteiger partial charge on any atom is -0.288 e. The lowest BCUT2D eigenvalue weighted by molar-refractivity contribution is 0.226. The molecule has 4 heteroatoms. The van der Waals surface area contributed by atoms with Crippen molar-refractivity contribution in [1.82, 2.24) is 0 Å². The fraction of sp³-hybridized carbons (Fsp3) is 0.333. The van der Waals surface area contributed by atoms with Crippen LogP contribution in [-0.2, 0) is 0 Å². The molecule has 0 radical (unpaired) electrons. The standard InChI is InChI=1S/C12H16N2O2/c1-4-12(9(2)3)14(16)11-7-5-10(13-15)6-8-11/h5-8,12,16H,2,4H2,1,3H3/i3D3. The molecule has 16 heavy (non-hydrogen) atoms. The highest BCUT2D eigenvalue weighted by Crippen LogP contribution is 2.23. The van der Waals surface area contributed by atoms with Crippen LogP contribution in [0.25, 0.3) is 0 Å². The molecule has 0 saturated heterocycles. The fourth-order valence-electron chi connectivity index (χ4n) is 1.41. The number of hydroxylamine groups is 1. The molecule has 0 aliphatic rings. The number of nitrogens with zero attached hydrogens (tertiary/aromatic N) is 2. The summed E-state index contributed by atoms with van der Waals surface area (Å²) in [6, 6.07) is 5.15. The summed E-state index contributed by atoms with van der Waals surface area (Å²) in [5, 5.41) is 13.7. The smallest absolute Gasteiger partial charge is 0.108 e. The molecule has 0 heterocycles. The monoisotopic (exact) mass is 223 g/mol. The largest absolute Gasteiger partial charge is 0.288 e. The molecule has 4 nitrogen and oxygen atoms in total. The van der Waals surface area contributed by atoms with E-state index in [1.165, 1.54) is 24.3 Å². The van der Waals surface area contributed by atoms with Gasteiger partial charge in [0.05, 0.1) is 11.7 Å². The van der Waals surface area contributed by atoms with E-state index in [-0.39, 0.29) is 11.3 Å². The van der Waals surface area contributed by atoms with Gasteiger partial charge in [0, 0.05) is 4.11 Å². The molecule has 0 fully saturated rings. The summed E-state index contributed by atoms with van der Waals surface area (Å²) in [5.74, 6) is 0. The minimum atomic E-state index is -2.33. The zero-order valence-corrected chi connectivity index (χ0v) is 9.05. The number of nitroso groups, excluding NO2 is 1. The average Bonchev–Trinajstić information content (AvgIpc) is 2.38. The summed E-state index contributed by atoms with van der Waals surface area (Å²) in [5.41, 5.74) is 0.583. The van der Waals surface area contributed by atoms with Crippen molar-refractivity contribution in [3.63, 3.8) is 0 Å². The lowest BCUT2D eigenvalue weighted by atomic mass is 10.1. The normalized spacial score (nSPS) is 15.5. The zero-order chi connectivity index (χ0) is 14.6. The second-order valence-electron chi connectivity index (χ2n) is 3.40. The SMILES string of the molecule is [2H]C([2H])([2H])C(=C)C(CC)N(O)c1ccc(N=O)cc1. The number of rotatable bonds is 5. The van der Waals surface area contributed by atoms with Gasteiger partial charge < -0.3 is 0 Å². The van der Waals surface area contributed by atoms with Crippen LogP contribution in [0, 0.1) is 4.91 Å². The Labute approximate surface area is 99.3 Å². The van der Waals surface area contributed by atoms with Crippen LogP contribution >= 0.6 is 0 Å². The van der Waals surface area contributed by atoms with Crippen molar-refractivity contribution >= 4 is 11.4 Å². The lowest BCUT2D eigenvalue weighted by Gasteiger charge is -2.27. The molecule has 0 aliphatic heterocycles. The molecule has 0 saturated carbocycles. The van der Waals surface area contributed by atoms with Crippen LogP contribution in [0.4, 0.5) is 11.4 Å². The van der Waals surface area contributed by atoms with Crippen LogP contribution in [0.3, 0.4) is 0 Å². The average molecular weight is 223 g/mol. The molecule has 0 aromatic heterocycles. The second kappa shape index (κ2) is 5.42. The molecule has 1 aromatic rings. The van der Waals surface area contributed by atoms with E-state index < -0.39 is 12.9 Å². The van der Waals surface area contributed by atoms with Crippen LogP contribution < -0.4 is 5.06 Å². The van der Waals surface area contributed by atoms with Gasteiger partial charge in [-0.1, -0.05) is 19.1 Å². The highest BCUT2D eigenvalue weighted by molar-refractivity contribution is 5.52. The highest BCUT2D eigenvalue weighted by Gasteiger charge is 2.15. The third kappa shape index (κ3) is 2.67. The van der Waals surface area contributed by atoms with E-state index in [9.17, 15) is 10.1 Å². The van der Waals surface area contributed by atoms with E-state index in [0.29, 0.717) is 12.1 Å². The van der Waals surface area contributed by atoms with Gasteiger partial charge >= 0.3 is 0 Å². The molecule has 0 amide bonds. The van der Waals surface area contributed by atoms with E-state index in [0.717, 1.165) is 5.06 Å². The Morgan fingerprint density at radius 1 is 1.62 bits per heavy atom. The molecule has 86 valence electrons. The van der Waals surface area contributed by atoms with Crippen LogP contribution in [0.2, 0.25) is 0 Å². The number of hydrogen-bond acceptors (Lipinski definition) is 4. The summed E-state index contributed by atoms with van der Waals surface area (Å²) >= 11 is 0. The quantitative estimate of drug-likeness (QED) is 0.471. The van der Waals surface area contributed by atoms with E-state index in [1.807, 2.05) is 0 Å². The van der Waals surface area contributed by atoms with Gasteiger partial charge in [-0.15, -0.1) is 4.91 Å². The van der Waals surface area contributed by atoms with Gasteiger partial charge in [-0.2, -0.15) is 0 Å². The van der Waals surface area contributed by atoms with E-state index in [1.54, 1.807) is 6.92 Å². The minimum absolute atomic E-state index is 0.0323. The third-order valence-corrected chi connectivity index (χ3v) is 2.30. The summed E-state index contributed by atoms with van der Waals surface area (Å²) in [7, 11) is 0. The third-order valence-electron chi connectivity index (χ3n) is 2.30. The summed E-state index contributed by atoms with van der Waals surface area (Å²) in [6.45, 7) is 2.97. The van der Waals surface area contributed by atoms with Gasteiger partial charge in [0.25, 0.3) is 0 Å². The first-order valence-electron chi connectivity index (χ1n) is 6.42. The molecule has 0 bridgehead atoms. The topological polar surface area (TPSA) is 52.9 Å². The molecule has 1 N–H and O–H groups in total. The van der Waals surface area contributed by atoms with Crippen LogP contribution in [-0.4, -0.2) is 11.2 Å². The number of benzene rings is 1. The summed E-state index contributed by atoms with van der Waals surface area (Å²) in [4.78, 5) is 10.3. The second-order valence-corrected chi connectivity index (χ2v) is 3.40. The van der Waals surface area contributed by atoms with Crippen molar-refractivity contribution in [3.05, 3.63) is 41.3 Å². The predicted molar refractivity (Wildman–Crippen MR) is 65.1 cm³/mol. The Balaban J connectivity index is 2.97. The fourth-order valence-corrected chi connectivity index (χ4v) is 1.41. The lowest BCUT2D eigenvalue weighted by Crippen LogP contribution is -2.32. The van der Waals surface area contributed by atoms with Crippen LogP contribution in [0.5, 0.6) is 0 Å². The zero-order valence-electron chi connectivity index (χ0n) is 12.1. The first-order valence-corrected chi connectivity index (χ1v) is 4.92. The first-order chi connectivity index (χ1) is 8.81. The van der Waals surface area contributed by atoms with Crippen molar-refractivity contribution in [2.75, 3.05) is 5.06 Å². The van der Waals surface area contributed by atoms with Gasteiger partial charge in [0.15, 0.2) is 0 Å². The van der Waals surface area contributed by atoms with Crippen molar-refractivity contribution in [2.24, 2.45) is 5.18 Å². The first kappa shape index (κ1) is 8.47. The molecule has 1 rings (SSSR count). The Bertz CT molecular complexity index is 457. The van der Waals surface area contributed by atoms with Crippen molar-refractivity contribution in [1.29, 1.82) is 0 Å². The molecule has 1 atom stereocenters. The molecule has 1 aromatic carbocycles. The molecule has 0 spiro atoms. The summed E-state index contributed by atoms with van der Waals surface area (Å²) in [6.07, 6.45) is 0.390. The number of hydrogen-bond donors (Lipinski definition) is 1. The Morgan fingerprint density at radius 2 is 2.25 bits per heavy atom. The van der Waals surface area contributed by atoms with Gasteiger partial charge in [-0.25, -0.2) is 5.06 Å². The van der Waals surface area contributed by atoms with E-state index in [4.69, 9.17) is 4.11 Å². The Morgan fingerprint density at radius 3 is 2.69 bits per heavy atom. The molecular weight excluding hydrogens is 204 g/mol. The van der Waals surface area contributed by atoms with E-state index >= 15 is 0 Å². The van der Waals surface area contributed by atoms with Gasteiger partial charge in [0.2, 0.25) is 0 Å². The Hall–Kier alpha value is -1.68. The van der Waals surface area contributed by atoms with Crippen molar-refractivity contribution in [2.45, 2.75) is 26.2 Å². The van der Waals surface area contributed by atoms with Crippen LogP contribution in [0.15, 0.2) is 41.6 Å². The van der Waals surface area contributed by atoms with E-state index in [2.05, 4.69) is 11.8 Å². The number of anilines is 1. The predicted octanol–water partition coefficient (Wildman–Crippen LogP) is 3.63. The molecule has 0 aliphatic carbocycles. The summed E-state index contributed by atoms with van der Waals surface area (Å²) < 4.78 is 22.0. The van der Waals surface area contributed by atoms with Crippen molar-refractivity contribution < 1.29 is 9.32 Å². The molecule has 1 unspecified atom stereocenters. The maximum Gasteiger partial charge on any atom is 0.108 e. The van der Waals surface area contributed by atoms with Gasteiger partial charge in [0.1, 0.15) is 5.69 Å². The maximum absolute atomic E-state index is 10.3.